The summed E-state index contributed by atoms with van der Waals surface area (Å²) in [7, 11) is 3.91. The van der Waals surface area contributed by atoms with Gasteiger partial charge in [0.15, 0.2) is 0 Å². The van der Waals surface area contributed by atoms with E-state index in [4.69, 9.17) is 11.6 Å². The number of benzene rings is 2. The molecule has 2 aromatic carbocycles. The van der Waals surface area contributed by atoms with Gasteiger partial charge in [0.25, 0.3) is 5.91 Å². The van der Waals surface area contributed by atoms with Crippen molar-refractivity contribution in [3.8, 4) is 11.3 Å². The van der Waals surface area contributed by atoms with Gasteiger partial charge >= 0.3 is 0 Å². The lowest BCUT2D eigenvalue weighted by atomic mass is 10.1. The Morgan fingerprint density at radius 3 is 2.44 bits per heavy atom. The van der Waals surface area contributed by atoms with Crippen molar-refractivity contribution in [2.75, 3.05) is 29.6 Å². The molecule has 0 saturated heterocycles. The first-order valence-corrected chi connectivity index (χ1v) is 10.2. The van der Waals surface area contributed by atoms with Gasteiger partial charge in [0, 0.05) is 47.8 Å². The second-order valence-corrected chi connectivity index (χ2v) is 7.72. The molecule has 8 heteroatoms. The summed E-state index contributed by atoms with van der Waals surface area (Å²) in [6, 6.07) is 16.5. The predicted molar refractivity (Wildman–Crippen MR) is 129 cm³/mol. The van der Waals surface area contributed by atoms with Gasteiger partial charge in [0.2, 0.25) is 0 Å². The Morgan fingerprint density at radius 1 is 0.906 bits per heavy atom. The molecule has 0 spiro atoms. The third kappa shape index (κ3) is 5.19. The van der Waals surface area contributed by atoms with E-state index in [1.165, 1.54) is 0 Å². The lowest BCUT2D eigenvalue weighted by Crippen LogP contribution is -2.13. The molecule has 32 heavy (non-hydrogen) atoms. The fourth-order valence-electron chi connectivity index (χ4n) is 3.04. The molecule has 2 aromatic heterocycles. The highest BCUT2D eigenvalue weighted by Gasteiger charge is 2.09. The van der Waals surface area contributed by atoms with E-state index >= 15 is 0 Å². The van der Waals surface area contributed by atoms with Gasteiger partial charge in [-0.3, -0.25) is 14.8 Å². The van der Waals surface area contributed by atoms with Crippen LogP contribution in [0.25, 0.3) is 11.3 Å². The van der Waals surface area contributed by atoms with Gasteiger partial charge in [-0.2, -0.15) is 0 Å². The summed E-state index contributed by atoms with van der Waals surface area (Å²) < 4.78 is 0. The number of carbonyl (C=O) groups is 1. The summed E-state index contributed by atoms with van der Waals surface area (Å²) in [5, 5.41) is 6.70. The minimum Gasteiger partial charge on any atom is -0.378 e. The predicted octanol–water partition coefficient (Wildman–Crippen LogP) is 5.25. The Bertz CT molecular complexity index is 1240. The highest BCUT2D eigenvalue weighted by Crippen LogP contribution is 2.23. The van der Waals surface area contributed by atoms with E-state index in [2.05, 4.69) is 25.6 Å². The Balaban J connectivity index is 1.51. The van der Waals surface area contributed by atoms with Crippen LogP contribution >= 0.6 is 11.6 Å². The van der Waals surface area contributed by atoms with E-state index in [9.17, 15) is 4.79 Å². The van der Waals surface area contributed by atoms with Crippen molar-refractivity contribution >= 4 is 40.4 Å². The summed E-state index contributed by atoms with van der Waals surface area (Å²) in [6.45, 7) is 0. The summed E-state index contributed by atoms with van der Waals surface area (Å²) in [4.78, 5) is 27.7. The highest BCUT2D eigenvalue weighted by atomic mass is 35.5. The van der Waals surface area contributed by atoms with Crippen LogP contribution in [0.4, 0.5) is 22.9 Å². The second kappa shape index (κ2) is 9.45. The number of hydrogen-bond donors (Lipinski definition) is 2. The molecule has 0 unspecified atom stereocenters. The fraction of sp³-hybridized carbons (Fsp3) is 0.0833. The third-order valence-corrected chi connectivity index (χ3v) is 4.90. The molecular formula is C24H21ClN6O. The van der Waals surface area contributed by atoms with Crippen LogP contribution in [0.3, 0.4) is 0 Å². The maximum absolute atomic E-state index is 12.6. The highest BCUT2D eigenvalue weighted by molar-refractivity contribution is 6.30. The maximum Gasteiger partial charge on any atom is 0.255 e. The molecule has 0 aliphatic heterocycles. The van der Waals surface area contributed by atoms with E-state index in [0.29, 0.717) is 27.8 Å². The summed E-state index contributed by atoms with van der Waals surface area (Å²) in [6.07, 6.45) is 6.54. The number of anilines is 4. The van der Waals surface area contributed by atoms with Gasteiger partial charge in [0.1, 0.15) is 5.82 Å². The molecule has 2 heterocycles. The van der Waals surface area contributed by atoms with E-state index in [0.717, 1.165) is 16.9 Å². The molecule has 4 rings (SSSR count). The first-order valence-electron chi connectivity index (χ1n) is 9.87. The van der Waals surface area contributed by atoms with E-state index in [1.54, 1.807) is 49.1 Å². The number of nitrogens with one attached hydrogen (secondary N) is 2. The van der Waals surface area contributed by atoms with Crippen molar-refractivity contribution in [1.29, 1.82) is 0 Å². The molecule has 1 amide bonds. The molecule has 0 saturated carbocycles. The van der Waals surface area contributed by atoms with Gasteiger partial charge in [-0.05, 0) is 48.5 Å². The molecule has 0 radical (unpaired) electrons. The van der Waals surface area contributed by atoms with Crippen molar-refractivity contribution in [2.45, 2.75) is 0 Å². The summed E-state index contributed by atoms with van der Waals surface area (Å²) in [5.74, 6) is 0.358. The number of pyridine rings is 1. The maximum atomic E-state index is 12.6. The third-order valence-electron chi connectivity index (χ3n) is 4.67. The lowest BCUT2D eigenvalue weighted by molar-refractivity contribution is 0.102. The van der Waals surface area contributed by atoms with Gasteiger partial charge in [-0.25, -0.2) is 4.98 Å². The Hall–Kier alpha value is -3.97. The van der Waals surface area contributed by atoms with Crippen LogP contribution in [0, 0.1) is 0 Å². The van der Waals surface area contributed by atoms with Crippen LogP contribution in [-0.2, 0) is 0 Å². The second-order valence-electron chi connectivity index (χ2n) is 7.28. The quantitative estimate of drug-likeness (QED) is 0.422. The van der Waals surface area contributed by atoms with Gasteiger partial charge < -0.3 is 15.5 Å². The first-order chi connectivity index (χ1) is 15.5. The Morgan fingerprint density at radius 2 is 1.69 bits per heavy atom. The minimum atomic E-state index is -0.211. The monoisotopic (exact) mass is 444 g/mol. The van der Waals surface area contributed by atoms with Crippen molar-refractivity contribution in [3.05, 3.63) is 90.0 Å². The Labute approximate surface area is 191 Å². The SMILES string of the molecule is CN(C)c1ccc(C(=O)Nc2cncc(-c3cncc(Nc4cccc(Cl)c4)n3)c2)cc1. The molecule has 7 nitrogen and oxygen atoms in total. The standard InChI is InChI=1S/C24H21ClN6O/c1-31(2)21-8-6-16(7-9-21)24(32)29-20-10-17(12-26-13-20)22-14-27-15-23(30-22)28-19-5-3-4-18(25)11-19/h3-15H,1-2H3,(H,28,30)(H,29,32). The number of carbonyl (C=O) groups excluding carboxylic acids is 1. The van der Waals surface area contributed by atoms with Crippen molar-refractivity contribution in [3.63, 3.8) is 0 Å². The molecule has 2 N–H and O–H groups in total. The number of nitrogens with zero attached hydrogens (tertiary/aromatic N) is 4. The van der Waals surface area contributed by atoms with Crippen LogP contribution in [-0.4, -0.2) is 35.0 Å². The minimum absolute atomic E-state index is 0.211. The number of hydrogen-bond acceptors (Lipinski definition) is 6. The fourth-order valence-corrected chi connectivity index (χ4v) is 3.23. The van der Waals surface area contributed by atoms with Crippen LogP contribution in [0.5, 0.6) is 0 Å². The Kier molecular flexibility index (Phi) is 6.28. The molecule has 0 aliphatic carbocycles. The number of aromatic nitrogens is 3. The number of rotatable bonds is 6. The van der Waals surface area contributed by atoms with Crippen LogP contribution in [0.2, 0.25) is 5.02 Å². The zero-order valence-corrected chi connectivity index (χ0v) is 18.3. The zero-order chi connectivity index (χ0) is 22.5. The van der Waals surface area contributed by atoms with E-state index < -0.39 is 0 Å². The summed E-state index contributed by atoms with van der Waals surface area (Å²) >= 11 is 6.04. The molecule has 0 fully saturated rings. The van der Waals surface area contributed by atoms with Crippen molar-refractivity contribution in [1.82, 2.24) is 15.0 Å². The van der Waals surface area contributed by atoms with Gasteiger partial charge in [-0.15, -0.1) is 0 Å². The van der Waals surface area contributed by atoms with Crippen LogP contribution in [0.1, 0.15) is 10.4 Å². The summed E-state index contributed by atoms with van der Waals surface area (Å²) in [5.41, 5.74) is 4.31. The van der Waals surface area contributed by atoms with Gasteiger partial charge in [0.05, 0.1) is 30.0 Å². The molecular weight excluding hydrogens is 424 g/mol. The zero-order valence-electron chi connectivity index (χ0n) is 17.6. The molecule has 0 atom stereocenters. The smallest absolute Gasteiger partial charge is 0.255 e. The first kappa shape index (κ1) is 21.3. The normalized spacial score (nSPS) is 10.5. The largest absolute Gasteiger partial charge is 0.378 e. The lowest BCUT2D eigenvalue weighted by Gasteiger charge is -2.13. The molecule has 0 bridgehead atoms. The van der Waals surface area contributed by atoms with Crippen LogP contribution < -0.4 is 15.5 Å². The van der Waals surface area contributed by atoms with Crippen LogP contribution in [0.15, 0.2) is 79.4 Å². The van der Waals surface area contributed by atoms with Crippen molar-refractivity contribution < 1.29 is 4.79 Å². The van der Waals surface area contributed by atoms with E-state index in [1.807, 2.05) is 49.3 Å². The molecule has 160 valence electrons. The number of halogens is 1. The van der Waals surface area contributed by atoms with Crippen molar-refractivity contribution in [2.24, 2.45) is 0 Å². The van der Waals surface area contributed by atoms with Gasteiger partial charge in [-0.1, -0.05) is 17.7 Å². The molecule has 0 aliphatic rings. The van der Waals surface area contributed by atoms with E-state index in [-0.39, 0.29) is 5.91 Å². The average Bonchev–Trinajstić information content (AvgIpc) is 2.79. The average molecular weight is 445 g/mol. The number of amides is 1. The topological polar surface area (TPSA) is 83.0 Å². The molecule has 4 aromatic rings.